The number of carboxylic acid groups (broad SMARTS) is 1. The van der Waals surface area contributed by atoms with Gasteiger partial charge in [0.25, 0.3) is 5.91 Å². The van der Waals surface area contributed by atoms with Gasteiger partial charge in [0, 0.05) is 12.1 Å². The monoisotopic (exact) mass is 339 g/mol. The van der Waals surface area contributed by atoms with Gasteiger partial charge < -0.3 is 10.0 Å². The molecular weight excluding hydrogens is 327 g/mol. The first-order valence-corrected chi connectivity index (χ1v) is 7.04. The van der Waals surface area contributed by atoms with Crippen LogP contribution in [-0.4, -0.2) is 38.6 Å². The molecule has 1 amide bonds. The highest BCUT2D eigenvalue weighted by Crippen LogP contribution is 2.33. The van der Waals surface area contributed by atoms with Crippen LogP contribution in [0.4, 0.5) is 13.2 Å². The molecule has 24 heavy (non-hydrogen) atoms. The number of alkyl halides is 3. The Bertz CT molecular complexity index is 814. The number of nitrogens with zero attached hydrogens (tertiary/aromatic N) is 2. The average Bonchev–Trinajstić information content (AvgIpc) is 2.96. The van der Waals surface area contributed by atoms with Crippen molar-refractivity contribution >= 4 is 11.9 Å². The minimum atomic E-state index is -4.63. The van der Waals surface area contributed by atoms with Gasteiger partial charge in [0.15, 0.2) is 5.69 Å². The van der Waals surface area contributed by atoms with Gasteiger partial charge >= 0.3 is 12.1 Å². The van der Waals surface area contributed by atoms with E-state index in [-0.39, 0.29) is 25.2 Å². The molecule has 126 valence electrons. The van der Waals surface area contributed by atoms with E-state index in [4.69, 9.17) is 5.11 Å². The van der Waals surface area contributed by atoms with Gasteiger partial charge in [0.2, 0.25) is 0 Å². The molecule has 1 aromatic heterocycles. The molecular formula is C15H12F3N3O3. The Morgan fingerprint density at radius 1 is 1.25 bits per heavy atom. The molecule has 0 radical (unpaired) electrons. The van der Waals surface area contributed by atoms with Crippen LogP contribution in [0.15, 0.2) is 24.3 Å². The van der Waals surface area contributed by atoms with Crippen molar-refractivity contribution in [1.29, 1.82) is 0 Å². The number of halogens is 3. The van der Waals surface area contributed by atoms with E-state index in [9.17, 15) is 22.8 Å². The first kappa shape index (κ1) is 16.0. The predicted molar refractivity (Wildman–Crippen MR) is 75.4 cm³/mol. The van der Waals surface area contributed by atoms with Crippen molar-refractivity contribution in [3.63, 3.8) is 0 Å². The molecule has 2 N–H and O–H groups in total. The Hall–Kier alpha value is -2.84. The molecule has 0 saturated carbocycles. The molecule has 2 heterocycles. The molecule has 9 heteroatoms. The second-order valence-electron chi connectivity index (χ2n) is 5.35. The lowest BCUT2D eigenvalue weighted by Gasteiger charge is -2.27. The zero-order valence-electron chi connectivity index (χ0n) is 12.2. The first-order valence-electron chi connectivity index (χ1n) is 7.04. The average molecular weight is 339 g/mol. The number of hydrogen-bond acceptors (Lipinski definition) is 3. The molecule has 0 saturated heterocycles. The highest BCUT2D eigenvalue weighted by Gasteiger charge is 2.37. The van der Waals surface area contributed by atoms with Crippen molar-refractivity contribution in [2.75, 3.05) is 6.54 Å². The summed E-state index contributed by atoms with van der Waals surface area (Å²) in [5.41, 5.74) is -0.622. The highest BCUT2D eigenvalue weighted by atomic mass is 19.4. The quantitative estimate of drug-likeness (QED) is 0.879. The topological polar surface area (TPSA) is 86.3 Å². The number of carboxylic acids is 1. The molecule has 0 unspecified atom stereocenters. The van der Waals surface area contributed by atoms with Crippen molar-refractivity contribution in [1.82, 2.24) is 15.1 Å². The summed E-state index contributed by atoms with van der Waals surface area (Å²) in [7, 11) is 0. The molecule has 1 aliphatic heterocycles. The summed E-state index contributed by atoms with van der Waals surface area (Å²) in [5.74, 6) is -1.94. The van der Waals surface area contributed by atoms with Gasteiger partial charge in [0.05, 0.1) is 23.4 Å². The third kappa shape index (κ3) is 2.72. The van der Waals surface area contributed by atoms with Crippen LogP contribution in [0.25, 0.3) is 0 Å². The number of carbonyl (C=O) groups is 2. The van der Waals surface area contributed by atoms with Gasteiger partial charge in [-0.25, -0.2) is 4.79 Å². The van der Waals surface area contributed by atoms with Gasteiger partial charge in [-0.1, -0.05) is 12.1 Å². The van der Waals surface area contributed by atoms with E-state index in [1.54, 1.807) is 0 Å². The number of benzene rings is 1. The van der Waals surface area contributed by atoms with Crippen molar-refractivity contribution in [2.45, 2.75) is 19.1 Å². The standard InChI is InChI=1S/C15H12F3N3O3/c16-15(17,18)10-4-2-1-3-8(10)13(22)21-6-5-9-11(7-21)19-20-12(9)14(23)24/h1-4H,5-7H2,(H,19,20)(H,23,24). The second kappa shape index (κ2) is 5.66. The molecule has 0 fully saturated rings. The van der Waals surface area contributed by atoms with E-state index in [1.807, 2.05) is 0 Å². The number of aromatic amines is 1. The minimum absolute atomic E-state index is 0.0133. The maximum Gasteiger partial charge on any atom is 0.417 e. The van der Waals surface area contributed by atoms with Crippen LogP contribution in [0.2, 0.25) is 0 Å². The predicted octanol–water partition coefficient (Wildman–Crippen LogP) is 2.33. The molecule has 0 spiro atoms. The molecule has 3 rings (SSSR count). The van der Waals surface area contributed by atoms with Crippen LogP contribution >= 0.6 is 0 Å². The molecule has 1 aliphatic rings. The number of hydrogen-bond donors (Lipinski definition) is 2. The SMILES string of the molecule is O=C(O)c1n[nH]c2c1CCN(C(=O)c1ccccc1C(F)(F)F)C2. The van der Waals surface area contributed by atoms with Crippen LogP contribution in [0.5, 0.6) is 0 Å². The number of amides is 1. The van der Waals surface area contributed by atoms with E-state index in [2.05, 4.69) is 10.2 Å². The fourth-order valence-corrected chi connectivity index (χ4v) is 2.76. The van der Waals surface area contributed by atoms with Gasteiger partial charge in [-0.05, 0) is 18.6 Å². The second-order valence-corrected chi connectivity index (χ2v) is 5.35. The summed E-state index contributed by atoms with van der Waals surface area (Å²) in [6, 6.07) is 4.59. The lowest BCUT2D eigenvalue weighted by molar-refractivity contribution is -0.138. The lowest BCUT2D eigenvalue weighted by atomic mass is 10.0. The molecule has 6 nitrogen and oxygen atoms in total. The van der Waals surface area contributed by atoms with Crippen molar-refractivity contribution in [3.8, 4) is 0 Å². The van der Waals surface area contributed by atoms with Crippen LogP contribution in [-0.2, 0) is 19.1 Å². The lowest BCUT2D eigenvalue weighted by Crippen LogP contribution is -2.37. The number of aromatic nitrogens is 2. The number of nitrogens with one attached hydrogen (secondary N) is 1. The number of rotatable bonds is 2. The Balaban J connectivity index is 1.89. The Morgan fingerprint density at radius 2 is 1.96 bits per heavy atom. The molecule has 2 aromatic rings. The van der Waals surface area contributed by atoms with Gasteiger partial charge in [-0.15, -0.1) is 0 Å². The summed E-state index contributed by atoms with van der Waals surface area (Å²) in [6.07, 6.45) is -4.41. The van der Waals surface area contributed by atoms with Crippen LogP contribution in [0.1, 0.15) is 37.7 Å². The van der Waals surface area contributed by atoms with Gasteiger partial charge in [-0.2, -0.15) is 18.3 Å². The largest absolute Gasteiger partial charge is 0.476 e. The number of carbonyl (C=O) groups excluding carboxylic acids is 1. The van der Waals surface area contributed by atoms with E-state index in [1.165, 1.54) is 17.0 Å². The zero-order valence-corrected chi connectivity index (χ0v) is 12.2. The number of fused-ring (bicyclic) bond motifs is 1. The third-order valence-corrected chi connectivity index (χ3v) is 3.89. The molecule has 0 atom stereocenters. The first-order chi connectivity index (χ1) is 11.3. The zero-order chi connectivity index (χ0) is 17.5. The minimum Gasteiger partial charge on any atom is -0.476 e. The van der Waals surface area contributed by atoms with Crippen molar-refractivity contribution in [2.24, 2.45) is 0 Å². The summed E-state index contributed by atoms with van der Waals surface area (Å²) in [4.78, 5) is 24.8. The highest BCUT2D eigenvalue weighted by molar-refractivity contribution is 5.96. The smallest absolute Gasteiger partial charge is 0.417 e. The Morgan fingerprint density at radius 3 is 2.62 bits per heavy atom. The van der Waals surface area contributed by atoms with E-state index in [0.717, 1.165) is 12.1 Å². The van der Waals surface area contributed by atoms with Crippen molar-refractivity contribution < 1.29 is 27.9 Å². The Labute approximate surface area is 133 Å². The fourth-order valence-electron chi connectivity index (χ4n) is 2.76. The molecule has 0 bridgehead atoms. The van der Waals surface area contributed by atoms with Gasteiger partial charge in [0.1, 0.15) is 0 Å². The summed E-state index contributed by atoms with van der Waals surface area (Å²) in [6.45, 7) is 0.110. The van der Waals surface area contributed by atoms with Crippen LogP contribution in [0.3, 0.4) is 0 Å². The van der Waals surface area contributed by atoms with E-state index in [0.29, 0.717) is 11.3 Å². The Kier molecular flexibility index (Phi) is 3.78. The number of H-pyrrole nitrogens is 1. The normalized spacial score (nSPS) is 14.4. The maximum atomic E-state index is 13.1. The number of aromatic carboxylic acids is 1. The molecule has 0 aliphatic carbocycles. The fraction of sp³-hybridized carbons (Fsp3) is 0.267. The van der Waals surface area contributed by atoms with E-state index >= 15 is 0 Å². The van der Waals surface area contributed by atoms with Crippen molar-refractivity contribution in [3.05, 3.63) is 52.3 Å². The van der Waals surface area contributed by atoms with Gasteiger partial charge in [-0.3, -0.25) is 9.89 Å². The maximum absolute atomic E-state index is 13.1. The molecule has 1 aromatic carbocycles. The van der Waals surface area contributed by atoms with E-state index < -0.39 is 29.2 Å². The van der Waals surface area contributed by atoms with Crippen LogP contribution < -0.4 is 0 Å². The summed E-state index contributed by atoms with van der Waals surface area (Å²) in [5, 5.41) is 15.2. The summed E-state index contributed by atoms with van der Waals surface area (Å²) < 4.78 is 39.2. The summed E-state index contributed by atoms with van der Waals surface area (Å²) >= 11 is 0. The van der Waals surface area contributed by atoms with Crippen LogP contribution in [0, 0.1) is 0 Å². The third-order valence-electron chi connectivity index (χ3n) is 3.89.